The van der Waals surface area contributed by atoms with Crippen molar-refractivity contribution < 1.29 is 4.39 Å². The quantitative estimate of drug-likeness (QED) is 0.462. The van der Waals surface area contributed by atoms with Crippen molar-refractivity contribution in [1.82, 2.24) is 0 Å². The molecule has 0 radical (unpaired) electrons. The zero-order chi connectivity index (χ0) is 16.7. The van der Waals surface area contributed by atoms with Crippen molar-refractivity contribution >= 4 is 0 Å². The molecule has 2 aliphatic rings. The van der Waals surface area contributed by atoms with E-state index in [1.807, 2.05) is 12.2 Å². The van der Waals surface area contributed by atoms with Gasteiger partial charge in [0, 0.05) is 5.57 Å². The average Bonchev–Trinajstić information content (AvgIpc) is 2.81. The molecule has 1 unspecified atom stereocenters. The van der Waals surface area contributed by atoms with E-state index in [1.165, 1.54) is 56.1 Å². The second kappa shape index (κ2) is 9.25. The van der Waals surface area contributed by atoms with Gasteiger partial charge >= 0.3 is 0 Å². The highest BCUT2D eigenvalue weighted by Crippen LogP contribution is 2.39. The van der Waals surface area contributed by atoms with Gasteiger partial charge in [-0.05, 0) is 56.4 Å². The second-order valence-electron chi connectivity index (χ2n) is 7.36. The molecule has 1 heteroatoms. The summed E-state index contributed by atoms with van der Waals surface area (Å²) in [7, 11) is 0. The predicted molar refractivity (Wildman–Crippen MR) is 99.0 cm³/mol. The maximum Gasteiger partial charge on any atom is 0.123 e. The summed E-state index contributed by atoms with van der Waals surface area (Å²) in [6, 6.07) is 0. The van der Waals surface area contributed by atoms with Gasteiger partial charge < -0.3 is 0 Å². The highest BCUT2D eigenvalue weighted by molar-refractivity contribution is 5.45. The van der Waals surface area contributed by atoms with E-state index in [1.54, 1.807) is 0 Å². The van der Waals surface area contributed by atoms with Crippen molar-refractivity contribution in [3.63, 3.8) is 0 Å². The summed E-state index contributed by atoms with van der Waals surface area (Å²) >= 11 is 0. The van der Waals surface area contributed by atoms with Crippen LogP contribution in [-0.2, 0) is 0 Å². The minimum absolute atomic E-state index is 0.285. The van der Waals surface area contributed by atoms with Gasteiger partial charge in [-0.2, -0.15) is 0 Å². The summed E-state index contributed by atoms with van der Waals surface area (Å²) in [5.74, 6) is 1.47. The van der Waals surface area contributed by atoms with Crippen LogP contribution in [0.2, 0.25) is 0 Å². The van der Waals surface area contributed by atoms with E-state index >= 15 is 0 Å². The zero-order valence-corrected chi connectivity index (χ0v) is 15.0. The summed E-state index contributed by atoms with van der Waals surface area (Å²) in [6.07, 6.45) is 18.9. The number of hydrogen-bond donors (Lipinski definition) is 0. The van der Waals surface area contributed by atoms with Gasteiger partial charge in [0.1, 0.15) is 5.83 Å². The largest absolute Gasteiger partial charge is 0.207 e. The van der Waals surface area contributed by atoms with Gasteiger partial charge in [-0.3, -0.25) is 0 Å². The molecule has 0 N–H and O–H groups in total. The van der Waals surface area contributed by atoms with Crippen molar-refractivity contribution in [2.45, 2.75) is 78.1 Å². The molecule has 0 aromatic rings. The lowest BCUT2D eigenvalue weighted by molar-refractivity contribution is 0.228. The minimum atomic E-state index is -0.285. The minimum Gasteiger partial charge on any atom is -0.207 e. The molecule has 1 saturated carbocycles. The lowest BCUT2D eigenvalue weighted by Gasteiger charge is -2.29. The fourth-order valence-electron chi connectivity index (χ4n) is 4.10. The molecule has 1 atom stereocenters. The Morgan fingerprint density at radius 3 is 2.48 bits per heavy atom. The first-order valence-electron chi connectivity index (χ1n) is 9.53. The molecule has 0 aromatic carbocycles. The van der Waals surface area contributed by atoms with Crippen molar-refractivity contribution in [3.8, 4) is 0 Å². The Bertz CT molecular complexity index is 486. The predicted octanol–water partition coefficient (Wildman–Crippen LogP) is 7.45. The Labute approximate surface area is 142 Å². The third kappa shape index (κ3) is 5.48. The average molecular weight is 317 g/mol. The van der Waals surface area contributed by atoms with Gasteiger partial charge in [0.25, 0.3) is 0 Å². The summed E-state index contributed by atoms with van der Waals surface area (Å²) < 4.78 is 14.0. The molecule has 0 aromatic heterocycles. The summed E-state index contributed by atoms with van der Waals surface area (Å²) in [4.78, 5) is 0. The summed E-state index contributed by atoms with van der Waals surface area (Å²) in [6.45, 7) is 7.79. The van der Waals surface area contributed by atoms with Gasteiger partial charge in [0.05, 0.1) is 0 Å². The molecule has 0 bridgehead atoms. The van der Waals surface area contributed by atoms with Crippen LogP contribution in [0.3, 0.4) is 0 Å². The van der Waals surface area contributed by atoms with Crippen LogP contribution in [0, 0.1) is 11.8 Å². The highest BCUT2D eigenvalue weighted by Gasteiger charge is 2.25. The second-order valence-corrected chi connectivity index (χ2v) is 7.36. The van der Waals surface area contributed by atoms with Crippen molar-refractivity contribution in [1.29, 1.82) is 0 Å². The topological polar surface area (TPSA) is 0 Å². The first-order valence-corrected chi connectivity index (χ1v) is 9.53. The van der Waals surface area contributed by atoms with E-state index in [4.69, 9.17) is 0 Å². The van der Waals surface area contributed by atoms with Gasteiger partial charge in [-0.15, -0.1) is 0 Å². The molecule has 0 amide bonds. The molecule has 0 heterocycles. The molecule has 0 saturated heterocycles. The molecule has 23 heavy (non-hydrogen) atoms. The van der Waals surface area contributed by atoms with Gasteiger partial charge in [0.15, 0.2) is 0 Å². The molecule has 0 aliphatic heterocycles. The third-order valence-electron chi connectivity index (χ3n) is 5.76. The Balaban J connectivity index is 2.04. The SMILES string of the molecule is C=C(F)/C(=C\C=C(/C)CC)C1=CCCC(C2CCCCC2)CC1. The molecule has 128 valence electrons. The smallest absolute Gasteiger partial charge is 0.123 e. The van der Waals surface area contributed by atoms with Crippen LogP contribution < -0.4 is 0 Å². The van der Waals surface area contributed by atoms with Crippen molar-refractivity contribution in [3.05, 3.63) is 47.4 Å². The van der Waals surface area contributed by atoms with Gasteiger partial charge in [0.2, 0.25) is 0 Å². The first-order chi connectivity index (χ1) is 11.1. The van der Waals surface area contributed by atoms with Crippen LogP contribution >= 0.6 is 0 Å². The van der Waals surface area contributed by atoms with Crippen LogP contribution in [0.4, 0.5) is 4.39 Å². The Morgan fingerprint density at radius 1 is 1.13 bits per heavy atom. The lowest BCUT2D eigenvalue weighted by Crippen LogP contribution is -2.17. The summed E-state index contributed by atoms with van der Waals surface area (Å²) in [5, 5.41) is 0. The molecule has 0 nitrogen and oxygen atoms in total. The molecular weight excluding hydrogens is 283 g/mol. The molecule has 0 spiro atoms. The third-order valence-corrected chi connectivity index (χ3v) is 5.76. The number of hydrogen-bond acceptors (Lipinski definition) is 0. The fourth-order valence-corrected chi connectivity index (χ4v) is 4.10. The normalized spacial score (nSPS) is 25.0. The van der Waals surface area contributed by atoms with Crippen molar-refractivity contribution in [2.75, 3.05) is 0 Å². The number of rotatable bonds is 5. The first kappa shape index (κ1) is 18.2. The maximum atomic E-state index is 14.0. The van der Waals surface area contributed by atoms with Gasteiger partial charge in [-0.25, -0.2) is 4.39 Å². The van der Waals surface area contributed by atoms with Crippen LogP contribution in [0.15, 0.2) is 47.4 Å². The van der Waals surface area contributed by atoms with Crippen LogP contribution in [0.1, 0.15) is 78.1 Å². The standard InChI is InChI=1S/C22H33F/c1-4-17(2)13-16-22(18(3)23)21-12-8-11-20(14-15-21)19-9-6-5-7-10-19/h12-13,16,19-20H,3-11,14-15H2,1-2H3/b17-13+,22-16+. The Kier molecular flexibility index (Phi) is 7.33. The molecule has 2 rings (SSSR count). The highest BCUT2D eigenvalue weighted by atomic mass is 19.1. The number of halogens is 1. The van der Waals surface area contributed by atoms with Crippen LogP contribution in [0.25, 0.3) is 0 Å². The maximum absolute atomic E-state index is 14.0. The fraction of sp³-hybridized carbons (Fsp3) is 0.636. The molecule has 2 aliphatic carbocycles. The van der Waals surface area contributed by atoms with E-state index in [2.05, 4.69) is 26.5 Å². The van der Waals surface area contributed by atoms with E-state index < -0.39 is 0 Å². The zero-order valence-electron chi connectivity index (χ0n) is 15.0. The number of allylic oxidation sites excluding steroid dienone is 7. The lowest BCUT2D eigenvalue weighted by atomic mass is 9.76. The Morgan fingerprint density at radius 2 is 1.83 bits per heavy atom. The van der Waals surface area contributed by atoms with Crippen LogP contribution in [-0.4, -0.2) is 0 Å². The van der Waals surface area contributed by atoms with E-state index in [0.717, 1.165) is 36.7 Å². The van der Waals surface area contributed by atoms with E-state index in [9.17, 15) is 4.39 Å². The van der Waals surface area contributed by atoms with E-state index in [0.29, 0.717) is 0 Å². The van der Waals surface area contributed by atoms with Crippen LogP contribution in [0.5, 0.6) is 0 Å². The van der Waals surface area contributed by atoms with E-state index in [-0.39, 0.29) is 5.83 Å². The summed E-state index contributed by atoms with van der Waals surface area (Å²) in [5.41, 5.74) is 3.18. The van der Waals surface area contributed by atoms with Gasteiger partial charge in [-0.1, -0.05) is 69.4 Å². The monoisotopic (exact) mass is 316 g/mol. The van der Waals surface area contributed by atoms with Crippen molar-refractivity contribution in [2.24, 2.45) is 11.8 Å². The Hall–Kier alpha value is -1.11. The molecular formula is C22H33F. The molecule has 1 fully saturated rings.